The van der Waals surface area contributed by atoms with E-state index in [-0.39, 0.29) is 6.03 Å². The van der Waals surface area contributed by atoms with Crippen molar-refractivity contribution >= 4 is 11.7 Å². The van der Waals surface area contributed by atoms with Crippen LogP contribution < -0.4 is 5.32 Å². The fourth-order valence-electron chi connectivity index (χ4n) is 2.83. The van der Waals surface area contributed by atoms with E-state index in [4.69, 9.17) is 0 Å². The number of carbonyl (C=O) groups excluding carboxylic acids is 1. The average Bonchev–Trinajstić information content (AvgIpc) is 2.39. The van der Waals surface area contributed by atoms with E-state index in [1.165, 1.54) is 12.0 Å². The third kappa shape index (κ3) is 3.28. The van der Waals surface area contributed by atoms with Crippen molar-refractivity contribution in [1.29, 1.82) is 0 Å². The molecule has 0 spiro atoms. The molecule has 3 nitrogen and oxygen atoms in total. The van der Waals surface area contributed by atoms with Gasteiger partial charge >= 0.3 is 6.03 Å². The monoisotopic (exact) mass is 260 g/mol. The number of anilines is 1. The molecule has 1 aromatic carbocycles. The molecule has 1 aliphatic rings. The van der Waals surface area contributed by atoms with Crippen LogP contribution >= 0.6 is 0 Å². The number of hydrogen-bond acceptors (Lipinski definition) is 1. The summed E-state index contributed by atoms with van der Waals surface area (Å²) in [5, 5.41) is 3.01. The van der Waals surface area contributed by atoms with Gasteiger partial charge in [0.25, 0.3) is 0 Å². The summed E-state index contributed by atoms with van der Waals surface area (Å²) < 4.78 is 0. The highest BCUT2D eigenvalue weighted by molar-refractivity contribution is 5.89. The number of piperidine rings is 1. The Balaban J connectivity index is 2.02. The molecule has 0 radical (unpaired) electrons. The number of nitrogens with zero attached hydrogens (tertiary/aromatic N) is 1. The zero-order valence-electron chi connectivity index (χ0n) is 12.1. The number of carbonyl (C=O) groups is 1. The van der Waals surface area contributed by atoms with Crippen LogP contribution in [0.2, 0.25) is 0 Å². The first-order chi connectivity index (χ1) is 9.11. The highest BCUT2D eigenvalue weighted by Crippen LogP contribution is 2.23. The number of likely N-dealkylation sites (tertiary alicyclic amines) is 1. The maximum Gasteiger partial charge on any atom is 0.322 e. The van der Waals surface area contributed by atoms with Crippen LogP contribution in [0.3, 0.4) is 0 Å². The SMILES string of the molecule is CCc1ccc(NC(=O)N2[C@@H](C)CCC[C@@H]2C)cc1. The van der Waals surface area contributed by atoms with Crippen molar-refractivity contribution in [2.75, 3.05) is 5.32 Å². The first kappa shape index (κ1) is 13.9. The van der Waals surface area contributed by atoms with Crippen molar-refractivity contribution in [2.45, 2.75) is 58.5 Å². The molecule has 19 heavy (non-hydrogen) atoms. The minimum Gasteiger partial charge on any atom is -0.319 e. The molecule has 2 atom stereocenters. The molecule has 1 heterocycles. The molecular formula is C16H24N2O. The van der Waals surface area contributed by atoms with Gasteiger partial charge in [0.05, 0.1) is 0 Å². The number of benzene rings is 1. The van der Waals surface area contributed by atoms with Gasteiger partial charge in [-0.1, -0.05) is 19.1 Å². The van der Waals surface area contributed by atoms with Gasteiger partial charge in [-0.3, -0.25) is 0 Å². The number of nitrogens with one attached hydrogen (secondary N) is 1. The van der Waals surface area contributed by atoms with Crippen LogP contribution in [0.15, 0.2) is 24.3 Å². The lowest BCUT2D eigenvalue weighted by molar-refractivity contribution is 0.133. The summed E-state index contributed by atoms with van der Waals surface area (Å²) in [6.07, 6.45) is 4.45. The second-order valence-electron chi connectivity index (χ2n) is 5.52. The van der Waals surface area contributed by atoms with E-state index >= 15 is 0 Å². The summed E-state index contributed by atoms with van der Waals surface area (Å²) in [7, 11) is 0. The van der Waals surface area contributed by atoms with E-state index < -0.39 is 0 Å². The van der Waals surface area contributed by atoms with E-state index in [1.807, 2.05) is 17.0 Å². The molecule has 1 saturated heterocycles. The van der Waals surface area contributed by atoms with Gasteiger partial charge in [0, 0.05) is 17.8 Å². The van der Waals surface area contributed by atoms with Gasteiger partial charge in [-0.2, -0.15) is 0 Å². The van der Waals surface area contributed by atoms with Crippen LogP contribution in [0.5, 0.6) is 0 Å². The number of rotatable bonds is 2. The lowest BCUT2D eigenvalue weighted by Gasteiger charge is -2.38. The van der Waals surface area contributed by atoms with Crippen molar-refractivity contribution in [2.24, 2.45) is 0 Å². The Morgan fingerprint density at radius 3 is 2.32 bits per heavy atom. The standard InChI is InChI=1S/C16H24N2O/c1-4-14-8-10-15(11-9-14)17-16(19)18-12(2)6-5-7-13(18)3/h8-13H,4-7H2,1-3H3,(H,17,19)/t12-,13-/m0/s1. The van der Waals surface area contributed by atoms with Crippen LogP contribution in [0.25, 0.3) is 0 Å². The molecule has 2 rings (SSSR count). The van der Waals surface area contributed by atoms with Crippen molar-refractivity contribution < 1.29 is 4.79 Å². The summed E-state index contributed by atoms with van der Waals surface area (Å²) in [6.45, 7) is 6.40. The molecule has 1 aliphatic heterocycles. The third-order valence-electron chi connectivity index (χ3n) is 4.04. The lowest BCUT2D eigenvalue weighted by atomic mass is 9.98. The Hall–Kier alpha value is -1.51. The zero-order valence-corrected chi connectivity index (χ0v) is 12.1. The largest absolute Gasteiger partial charge is 0.322 e. The predicted octanol–water partition coefficient (Wildman–Crippen LogP) is 4.04. The van der Waals surface area contributed by atoms with E-state index in [0.29, 0.717) is 12.1 Å². The molecular weight excluding hydrogens is 236 g/mol. The summed E-state index contributed by atoms with van der Waals surface area (Å²) in [5.41, 5.74) is 2.17. The minimum absolute atomic E-state index is 0.0314. The third-order valence-corrected chi connectivity index (χ3v) is 4.04. The molecule has 0 bridgehead atoms. The predicted molar refractivity (Wildman–Crippen MR) is 79.5 cm³/mol. The minimum atomic E-state index is 0.0314. The van der Waals surface area contributed by atoms with Crippen LogP contribution in [0.1, 0.15) is 45.6 Å². The Morgan fingerprint density at radius 2 is 1.79 bits per heavy atom. The summed E-state index contributed by atoms with van der Waals surface area (Å²) in [5.74, 6) is 0. The molecule has 2 amide bonds. The lowest BCUT2D eigenvalue weighted by Crippen LogP contribution is -2.49. The molecule has 1 fully saturated rings. The zero-order chi connectivity index (χ0) is 13.8. The molecule has 1 N–H and O–H groups in total. The maximum atomic E-state index is 12.4. The Labute approximate surface area is 116 Å². The fraction of sp³-hybridized carbons (Fsp3) is 0.562. The van der Waals surface area contributed by atoms with Gasteiger partial charge in [-0.15, -0.1) is 0 Å². The summed E-state index contributed by atoms with van der Waals surface area (Å²) in [6, 6.07) is 8.80. The summed E-state index contributed by atoms with van der Waals surface area (Å²) >= 11 is 0. The van der Waals surface area contributed by atoms with Crippen molar-refractivity contribution in [3.8, 4) is 0 Å². The Morgan fingerprint density at radius 1 is 1.21 bits per heavy atom. The molecule has 1 aromatic rings. The van der Waals surface area contributed by atoms with Gasteiger partial charge in [0.2, 0.25) is 0 Å². The molecule has 0 aliphatic carbocycles. The maximum absolute atomic E-state index is 12.4. The van der Waals surface area contributed by atoms with Crippen LogP contribution in [0.4, 0.5) is 10.5 Å². The van der Waals surface area contributed by atoms with E-state index in [0.717, 1.165) is 24.9 Å². The van der Waals surface area contributed by atoms with E-state index in [1.54, 1.807) is 0 Å². The highest BCUT2D eigenvalue weighted by atomic mass is 16.2. The second-order valence-corrected chi connectivity index (χ2v) is 5.52. The first-order valence-corrected chi connectivity index (χ1v) is 7.30. The normalized spacial score (nSPS) is 23.2. The number of amides is 2. The van der Waals surface area contributed by atoms with Gasteiger partial charge < -0.3 is 10.2 Å². The smallest absolute Gasteiger partial charge is 0.319 e. The summed E-state index contributed by atoms with van der Waals surface area (Å²) in [4.78, 5) is 14.3. The van der Waals surface area contributed by atoms with Crippen LogP contribution in [-0.2, 0) is 6.42 Å². The molecule has 104 valence electrons. The van der Waals surface area contributed by atoms with Gasteiger partial charge in [-0.25, -0.2) is 4.79 Å². The van der Waals surface area contributed by atoms with Crippen molar-refractivity contribution in [1.82, 2.24) is 4.90 Å². The Bertz CT molecular complexity index is 417. The van der Waals surface area contributed by atoms with Gasteiger partial charge in [0.15, 0.2) is 0 Å². The van der Waals surface area contributed by atoms with Crippen LogP contribution in [0, 0.1) is 0 Å². The van der Waals surface area contributed by atoms with E-state index in [9.17, 15) is 4.79 Å². The van der Waals surface area contributed by atoms with Crippen molar-refractivity contribution in [3.63, 3.8) is 0 Å². The van der Waals surface area contributed by atoms with Gasteiger partial charge in [-0.05, 0) is 57.2 Å². The number of hydrogen-bond donors (Lipinski definition) is 1. The first-order valence-electron chi connectivity index (χ1n) is 7.30. The molecule has 0 unspecified atom stereocenters. The highest BCUT2D eigenvalue weighted by Gasteiger charge is 2.28. The Kier molecular flexibility index (Phi) is 4.46. The topological polar surface area (TPSA) is 32.3 Å². The molecule has 0 saturated carbocycles. The van der Waals surface area contributed by atoms with Gasteiger partial charge in [0.1, 0.15) is 0 Å². The second kappa shape index (κ2) is 6.09. The van der Waals surface area contributed by atoms with Crippen LogP contribution in [-0.4, -0.2) is 23.0 Å². The number of aryl methyl sites for hydroxylation is 1. The molecule has 0 aromatic heterocycles. The molecule has 3 heteroatoms. The average molecular weight is 260 g/mol. The van der Waals surface area contributed by atoms with E-state index in [2.05, 4.69) is 38.2 Å². The quantitative estimate of drug-likeness (QED) is 0.855. The fourth-order valence-corrected chi connectivity index (χ4v) is 2.83. The van der Waals surface area contributed by atoms with Crippen molar-refractivity contribution in [3.05, 3.63) is 29.8 Å². The number of urea groups is 1.